The SMILES string of the molecule is CS(=O)CCNCc1csc(-c2ccc(F)cc2)n1. The van der Waals surface area contributed by atoms with Gasteiger partial charge >= 0.3 is 0 Å². The molecule has 0 aliphatic carbocycles. The normalized spacial score (nSPS) is 12.5. The fourth-order valence-electron chi connectivity index (χ4n) is 1.55. The van der Waals surface area contributed by atoms with Crippen molar-refractivity contribution in [2.75, 3.05) is 18.6 Å². The van der Waals surface area contributed by atoms with Crippen LogP contribution in [0.1, 0.15) is 5.69 Å². The van der Waals surface area contributed by atoms with Gasteiger partial charge in [0.25, 0.3) is 0 Å². The summed E-state index contributed by atoms with van der Waals surface area (Å²) in [4.78, 5) is 4.48. The predicted molar refractivity (Wildman–Crippen MR) is 78.1 cm³/mol. The Morgan fingerprint density at radius 2 is 2.11 bits per heavy atom. The van der Waals surface area contributed by atoms with E-state index in [4.69, 9.17) is 0 Å². The topological polar surface area (TPSA) is 42.0 Å². The van der Waals surface area contributed by atoms with E-state index in [-0.39, 0.29) is 5.82 Å². The maximum absolute atomic E-state index is 12.8. The van der Waals surface area contributed by atoms with Gasteiger partial charge in [-0.05, 0) is 24.3 Å². The molecular formula is C13H15FN2OS2. The molecule has 2 aromatic rings. The lowest BCUT2D eigenvalue weighted by atomic mass is 10.2. The smallest absolute Gasteiger partial charge is 0.123 e. The fraction of sp³-hybridized carbons (Fsp3) is 0.308. The van der Waals surface area contributed by atoms with Gasteiger partial charge in [0.1, 0.15) is 10.8 Å². The molecule has 1 atom stereocenters. The molecule has 0 aliphatic rings. The van der Waals surface area contributed by atoms with Crippen LogP contribution in [0.3, 0.4) is 0 Å². The van der Waals surface area contributed by atoms with Crippen LogP contribution < -0.4 is 5.32 Å². The van der Waals surface area contributed by atoms with E-state index in [1.165, 1.54) is 23.5 Å². The van der Waals surface area contributed by atoms with Gasteiger partial charge in [-0.15, -0.1) is 11.3 Å². The van der Waals surface area contributed by atoms with E-state index in [1.807, 2.05) is 5.38 Å². The molecule has 1 aromatic heterocycles. The number of benzene rings is 1. The third-order valence-corrected chi connectivity index (χ3v) is 4.23. The summed E-state index contributed by atoms with van der Waals surface area (Å²) in [5.41, 5.74) is 1.87. The van der Waals surface area contributed by atoms with Crippen LogP contribution in [-0.4, -0.2) is 27.7 Å². The highest BCUT2D eigenvalue weighted by molar-refractivity contribution is 7.84. The molecular weight excluding hydrogens is 283 g/mol. The van der Waals surface area contributed by atoms with Gasteiger partial charge in [-0.2, -0.15) is 0 Å². The van der Waals surface area contributed by atoms with E-state index in [0.29, 0.717) is 18.8 Å². The Hall–Kier alpha value is -1.11. The Labute approximate surface area is 118 Å². The number of nitrogens with zero attached hydrogens (tertiary/aromatic N) is 1. The molecule has 0 aliphatic heterocycles. The molecule has 0 saturated carbocycles. The number of halogens is 1. The lowest BCUT2D eigenvalue weighted by molar-refractivity contribution is 0.628. The zero-order chi connectivity index (χ0) is 13.7. The van der Waals surface area contributed by atoms with E-state index in [2.05, 4.69) is 10.3 Å². The Morgan fingerprint density at radius 3 is 2.79 bits per heavy atom. The Balaban J connectivity index is 1.91. The highest BCUT2D eigenvalue weighted by Crippen LogP contribution is 2.23. The number of thiazole rings is 1. The second kappa shape index (κ2) is 6.88. The molecule has 6 heteroatoms. The van der Waals surface area contributed by atoms with E-state index in [1.54, 1.807) is 18.4 Å². The monoisotopic (exact) mass is 298 g/mol. The minimum Gasteiger partial charge on any atom is -0.310 e. The molecule has 102 valence electrons. The summed E-state index contributed by atoms with van der Waals surface area (Å²) in [7, 11) is -0.766. The number of aromatic nitrogens is 1. The molecule has 0 saturated heterocycles. The first-order valence-corrected chi connectivity index (χ1v) is 8.47. The van der Waals surface area contributed by atoms with Crippen molar-refractivity contribution in [2.24, 2.45) is 0 Å². The van der Waals surface area contributed by atoms with Gasteiger partial charge in [-0.1, -0.05) is 0 Å². The molecule has 2 rings (SSSR count). The first-order valence-electron chi connectivity index (χ1n) is 5.86. The molecule has 1 N–H and O–H groups in total. The summed E-state index contributed by atoms with van der Waals surface area (Å²) < 4.78 is 23.7. The van der Waals surface area contributed by atoms with Crippen molar-refractivity contribution in [2.45, 2.75) is 6.54 Å². The summed E-state index contributed by atoms with van der Waals surface area (Å²) in [5, 5.41) is 6.06. The van der Waals surface area contributed by atoms with Crippen LogP contribution in [0.4, 0.5) is 4.39 Å². The maximum atomic E-state index is 12.8. The van der Waals surface area contributed by atoms with Gasteiger partial charge in [-0.25, -0.2) is 9.37 Å². The molecule has 1 aromatic carbocycles. The number of rotatable bonds is 6. The fourth-order valence-corrected chi connectivity index (χ4v) is 2.80. The minimum absolute atomic E-state index is 0.241. The van der Waals surface area contributed by atoms with Crippen LogP contribution in [0.15, 0.2) is 29.6 Å². The van der Waals surface area contributed by atoms with E-state index >= 15 is 0 Å². The third-order valence-electron chi connectivity index (χ3n) is 2.52. The van der Waals surface area contributed by atoms with Crippen molar-refractivity contribution >= 4 is 22.1 Å². The third kappa shape index (κ3) is 4.49. The number of hydrogen-bond donors (Lipinski definition) is 1. The lowest BCUT2D eigenvalue weighted by Crippen LogP contribution is -2.19. The van der Waals surface area contributed by atoms with Crippen LogP contribution in [-0.2, 0) is 17.3 Å². The first kappa shape index (κ1) is 14.3. The largest absolute Gasteiger partial charge is 0.310 e. The molecule has 0 fully saturated rings. The molecule has 0 spiro atoms. The molecule has 19 heavy (non-hydrogen) atoms. The van der Waals surface area contributed by atoms with Crippen molar-refractivity contribution < 1.29 is 8.60 Å². The van der Waals surface area contributed by atoms with Gasteiger partial charge in [0.15, 0.2) is 0 Å². The van der Waals surface area contributed by atoms with Gasteiger partial charge in [0.05, 0.1) is 5.69 Å². The lowest BCUT2D eigenvalue weighted by Gasteiger charge is -2.00. The van der Waals surface area contributed by atoms with Crippen LogP contribution in [0.25, 0.3) is 10.6 Å². The average Bonchev–Trinajstić information content (AvgIpc) is 2.84. The maximum Gasteiger partial charge on any atom is 0.123 e. The minimum atomic E-state index is -0.766. The standard InChI is InChI=1S/C13H15FN2OS2/c1-19(17)7-6-15-8-12-9-18-13(16-12)10-2-4-11(14)5-3-10/h2-5,9,15H,6-8H2,1H3. The Kier molecular flexibility index (Phi) is 5.18. The van der Waals surface area contributed by atoms with Crippen LogP contribution >= 0.6 is 11.3 Å². The zero-order valence-corrected chi connectivity index (χ0v) is 12.2. The Morgan fingerprint density at radius 1 is 1.37 bits per heavy atom. The summed E-state index contributed by atoms with van der Waals surface area (Å²) >= 11 is 1.54. The van der Waals surface area contributed by atoms with Crippen LogP contribution in [0.2, 0.25) is 0 Å². The van der Waals surface area contributed by atoms with Gasteiger partial charge in [-0.3, -0.25) is 4.21 Å². The van der Waals surface area contributed by atoms with Crippen LogP contribution in [0, 0.1) is 5.82 Å². The van der Waals surface area contributed by atoms with Crippen molar-refractivity contribution in [3.63, 3.8) is 0 Å². The second-order valence-electron chi connectivity index (χ2n) is 4.10. The van der Waals surface area contributed by atoms with E-state index in [0.717, 1.165) is 16.3 Å². The van der Waals surface area contributed by atoms with E-state index < -0.39 is 10.8 Å². The van der Waals surface area contributed by atoms with Gasteiger partial charge in [0.2, 0.25) is 0 Å². The molecule has 0 amide bonds. The van der Waals surface area contributed by atoms with Crippen molar-refractivity contribution in [1.29, 1.82) is 0 Å². The average molecular weight is 298 g/mol. The van der Waals surface area contributed by atoms with Gasteiger partial charge in [0, 0.05) is 46.8 Å². The van der Waals surface area contributed by atoms with Crippen LogP contribution in [0.5, 0.6) is 0 Å². The first-order chi connectivity index (χ1) is 9.15. The van der Waals surface area contributed by atoms with Crippen molar-refractivity contribution in [3.8, 4) is 10.6 Å². The quantitative estimate of drug-likeness (QED) is 0.833. The van der Waals surface area contributed by atoms with Crippen molar-refractivity contribution in [3.05, 3.63) is 41.2 Å². The number of nitrogens with one attached hydrogen (secondary N) is 1. The summed E-state index contributed by atoms with van der Waals surface area (Å²) in [6, 6.07) is 6.33. The number of hydrogen-bond acceptors (Lipinski definition) is 4. The second-order valence-corrected chi connectivity index (χ2v) is 6.52. The molecule has 1 unspecified atom stereocenters. The summed E-state index contributed by atoms with van der Waals surface area (Å²) in [6.45, 7) is 1.38. The van der Waals surface area contributed by atoms with Gasteiger partial charge < -0.3 is 5.32 Å². The molecule has 0 bridgehead atoms. The van der Waals surface area contributed by atoms with Crippen molar-refractivity contribution in [1.82, 2.24) is 10.3 Å². The summed E-state index contributed by atoms with van der Waals surface area (Å²) in [6.07, 6.45) is 1.69. The summed E-state index contributed by atoms with van der Waals surface area (Å²) in [5.74, 6) is 0.407. The molecule has 0 radical (unpaired) electrons. The predicted octanol–water partition coefficient (Wildman–Crippen LogP) is 2.42. The molecule has 3 nitrogen and oxygen atoms in total. The van der Waals surface area contributed by atoms with E-state index in [9.17, 15) is 8.60 Å². The zero-order valence-electron chi connectivity index (χ0n) is 10.6. The molecule has 1 heterocycles. The highest BCUT2D eigenvalue weighted by Gasteiger charge is 2.04. The highest BCUT2D eigenvalue weighted by atomic mass is 32.2. The Bertz CT molecular complexity index is 554.